The van der Waals surface area contributed by atoms with Crippen LogP contribution in [-0.2, 0) is 9.47 Å². The number of esters is 1. The molecule has 0 saturated carbocycles. The third kappa shape index (κ3) is 1.58. The van der Waals surface area contributed by atoms with Crippen LogP contribution in [0.25, 0.3) is 0 Å². The van der Waals surface area contributed by atoms with Crippen LogP contribution in [0.15, 0.2) is 18.3 Å². The molecule has 2 aliphatic rings. The molecule has 0 bridgehead atoms. The first-order valence-electron chi connectivity index (χ1n) is 5.60. The van der Waals surface area contributed by atoms with E-state index in [1.807, 2.05) is 0 Å². The van der Waals surface area contributed by atoms with Crippen LogP contribution in [-0.4, -0.2) is 44.4 Å². The summed E-state index contributed by atoms with van der Waals surface area (Å²) in [4.78, 5) is 18.0. The van der Waals surface area contributed by atoms with Gasteiger partial charge in [-0.15, -0.1) is 0 Å². The number of carbonyl (C=O) groups excluding carboxylic acids is 1. The zero-order valence-corrected chi connectivity index (χ0v) is 9.68. The van der Waals surface area contributed by atoms with Gasteiger partial charge in [0.2, 0.25) is 0 Å². The summed E-state index contributed by atoms with van der Waals surface area (Å²) in [6.07, 6.45) is 1.70. The Bertz CT molecular complexity index is 449. The van der Waals surface area contributed by atoms with Gasteiger partial charge in [-0.1, -0.05) is 0 Å². The number of ether oxygens (including phenoxy) is 2. The minimum atomic E-state index is -0.334. The van der Waals surface area contributed by atoms with E-state index in [4.69, 9.17) is 9.47 Å². The predicted molar refractivity (Wildman–Crippen MR) is 61.0 cm³/mol. The Morgan fingerprint density at radius 3 is 2.88 bits per heavy atom. The van der Waals surface area contributed by atoms with Crippen LogP contribution in [0.1, 0.15) is 10.4 Å². The molecule has 0 amide bonds. The Morgan fingerprint density at radius 2 is 2.29 bits per heavy atom. The van der Waals surface area contributed by atoms with Crippen molar-refractivity contribution in [2.45, 2.75) is 0 Å². The summed E-state index contributed by atoms with van der Waals surface area (Å²) in [7, 11) is 1.39. The number of methoxy groups -OCH3 is 1. The minimum absolute atomic E-state index is 0.310. The molecule has 5 nitrogen and oxygen atoms in total. The molecular weight excluding hydrogens is 220 g/mol. The molecule has 2 aliphatic heterocycles. The van der Waals surface area contributed by atoms with Crippen molar-refractivity contribution in [3.05, 3.63) is 23.9 Å². The Morgan fingerprint density at radius 1 is 1.53 bits per heavy atom. The van der Waals surface area contributed by atoms with Crippen LogP contribution in [0, 0.1) is 5.41 Å². The monoisotopic (exact) mass is 234 g/mol. The van der Waals surface area contributed by atoms with Gasteiger partial charge >= 0.3 is 5.97 Å². The number of hydrogen-bond acceptors (Lipinski definition) is 5. The van der Waals surface area contributed by atoms with Crippen LogP contribution >= 0.6 is 0 Å². The average Bonchev–Trinajstić information content (AvgIpc) is 2.25. The lowest BCUT2D eigenvalue weighted by molar-refractivity contribution is -0.127. The summed E-state index contributed by atoms with van der Waals surface area (Å²) < 4.78 is 9.98. The van der Waals surface area contributed by atoms with Gasteiger partial charge in [0.25, 0.3) is 0 Å². The van der Waals surface area contributed by atoms with Crippen LogP contribution in [0.4, 0.5) is 5.82 Å². The summed E-state index contributed by atoms with van der Waals surface area (Å²) in [5.41, 5.74) is 0.843. The highest BCUT2D eigenvalue weighted by atomic mass is 16.5. The molecule has 90 valence electrons. The number of nitrogens with zero attached hydrogens (tertiary/aromatic N) is 2. The quantitative estimate of drug-likeness (QED) is 0.705. The van der Waals surface area contributed by atoms with E-state index in [2.05, 4.69) is 9.88 Å². The summed E-state index contributed by atoms with van der Waals surface area (Å²) >= 11 is 0. The fraction of sp³-hybridized carbons (Fsp3) is 0.500. The van der Waals surface area contributed by atoms with E-state index in [9.17, 15) is 4.79 Å². The van der Waals surface area contributed by atoms with Gasteiger partial charge in [0.15, 0.2) is 0 Å². The van der Waals surface area contributed by atoms with E-state index in [0.29, 0.717) is 11.0 Å². The number of aromatic nitrogens is 1. The maximum atomic E-state index is 11.6. The fourth-order valence-corrected chi connectivity index (χ4v) is 2.40. The summed E-state index contributed by atoms with van der Waals surface area (Å²) in [6.45, 7) is 3.47. The number of anilines is 1. The van der Waals surface area contributed by atoms with Crippen molar-refractivity contribution in [2.75, 3.05) is 38.3 Å². The van der Waals surface area contributed by atoms with E-state index >= 15 is 0 Å². The van der Waals surface area contributed by atoms with Crippen LogP contribution in [0.3, 0.4) is 0 Å². The van der Waals surface area contributed by atoms with Gasteiger partial charge in [-0.05, 0) is 12.1 Å². The van der Waals surface area contributed by atoms with Gasteiger partial charge < -0.3 is 14.4 Å². The Labute approximate surface area is 99.3 Å². The van der Waals surface area contributed by atoms with Crippen molar-refractivity contribution < 1.29 is 14.3 Å². The lowest BCUT2D eigenvalue weighted by atomic mass is 9.78. The SMILES string of the molecule is COC(=O)c1cccnc1N1CC2(COC2)C1. The van der Waals surface area contributed by atoms with Gasteiger partial charge in [-0.2, -0.15) is 0 Å². The molecule has 0 N–H and O–H groups in total. The number of carbonyl (C=O) groups is 1. The van der Waals surface area contributed by atoms with Crippen LogP contribution in [0.2, 0.25) is 0 Å². The minimum Gasteiger partial charge on any atom is -0.465 e. The average molecular weight is 234 g/mol. The molecule has 3 heterocycles. The van der Waals surface area contributed by atoms with E-state index < -0.39 is 0 Å². The molecule has 2 saturated heterocycles. The van der Waals surface area contributed by atoms with E-state index in [-0.39, 0.29) is 5.97 Å². The normalized spacial score (nSPS) is 20.6. The van der Waals surface area contributed by atoms with E-state index in [1.54, 1.807) is 18.3 Å². The lowest BCUT2D eigenvalue weighted by Gasteiger charge is -2.55. The second-order valence-electron chi connectivity index (χ2n) is 4.72. The maximum Gasteiger partial charge on any atom is 0.341 e. The van der Waals surface area contributed by atoms with Crippen molar-refractivity contribution in [3.63, 3.8) is 0 Å². The molecule has 3 rings (SSSR count). The van der Waals surface area contributed by atoms with Crippen LogP contribution < -0.4 is 4.90 Å². The largest absolute Gasteiger partial charge is 0.465 e. The molecule has 1 aromatic heterocycles. The second kappa shape index (κ2) is 3.70. The number of rotatable bonds is 2. The first-order valence-corrected chi connectivity index (χ1v) is 5.60. The highest BCUT2D eigenvalue weighted by Gasteiger charge is 2.50. The molecular formula is C12H14N2O3. The Hall–Kier alpha value is -1.62. The summed E-state index contributed by atoms with van der Waals surface area (Å²) in [6, 6.07) is 3.49. The standard InChI is InChI=1S/C12H14N2O3/c1-16-11(15)9-3-2-4-13-10(9)14-5-12(6-14)7-17-8-12/h2-4H,5-8H2,1H3. The van der Waals surface area contributed by atoms with Crippen molar-refractivity contribution in [3.8, 4) is 0 Å². The Balaban J connectivity index is 1.81. The first kappa shape index (κ1) is 10.5. The molecule has 5 heteroatoms. The van der Waals surface area contributed by atoms with Crippen LogP contribution in [0.5, 0.6) is 0 Å². The van der Waals surface area contributed by atoms with Crippen molar-refractivity contribution in [1.29, 1.82) is 0 Å². The van der Waals surface area contributed by atoms with Crippen molar-refractivity contribution in [1.82, 2.24) is 4.98 Å². The molecule has 17 heavy (non-hydrogen) atoms. The lowest BCUT2D eigenvalue weighted by Crippen LogP contribution is -2.66. The maximum absolute atomic E-state index is 11.6. The molecule has 1 spiro atoms. The Kier molecular flexibility index (Phi) is 2.29. The predicted octanol–water partition coefficient (Wildman–Crippen LogP) is 0.705. The molecule has 0 aromatic carbocycles. The van der Waals surface area contributed by atoms with Gasteiger partial charge in [-0.25, -0.2) is 9.78 Å². The summed E-state index contributed by atoms with van der Waals surface area (Å²) in [5.74, 6) is 0.385. The van der Waals surface area contributed by atoms with Gasteiger partial charge in [0.1, 0.15) is 11.4 Å². The van der Waals surface area contributed by atoms with Gasteiger partial charge in [0.05, 0.1) is 25.7 Å². The first-order chi connectivity index (χ1) is 8.24. The highest BCUT2D eigenvalue weighted by molar-refractivity contribution is 5.94. The number of hydrogen-bond donors (Lipinski definition) is 0. The van der Waals surface area contributed by atoms with E-state index in [1.165, 1.54) is 7.11 Å². The zero-order chi connectivity index (χ0) is 11.9. The second-order valence-corrected chi connectivity index (χ2v) is 4.72. The zero-order valence-electron chi connectivity index (χ0n) is 9.68. The molecule has 0 atom stereocenters. The third-order valence-electron chi connectivity index (χ3n) is 3.36. The number of pyridine rings is 1. The highest BCUT2D eigenvalue weighted by Crippen LogP contribution is 2.40. The molecule has 1 aromatic rings. The third-order valence-corrected chi connectivity index (χ3v) is 3.36. The summed E-state index contributed by atoms with van der Waals surface area (Å²) in [5, 5.41) is 0. The van der Waals surface area contributed by atoms with E-state index in [0.717, 1.165) is 32.1 Å². The smallest absolute Gasteiger partial charge is 0.341 e. The van der Waals surface area contributed by atoms with Crippen molar-refractivity contribution in [2.24, 2.45) is 5.41 Å². The molecule has 0 unspecified atom stereocenters. The molecule has 2 fully saturated rings. The van der Waals surface area contributed by atoms with Gasteiger partial charge in [0, 0.05) is 19.3 Å². The van der Waals surface area contributed by atoms with Gasteiger partial charge in [-0.3, -0.25) is 0 Å². The molecule has 0 radical (unpaired) electrons. The van der Waals surface area contributed by atoms with Crippen molar-refractivity contribution >= 4 is 11.8 Å². The topological polar surface area (TPSA) is 51.7 Å². The molecule has 0 aliphatic carbocycles. The fourth-order valence-electron chi connectivity index (χ4n) is 2.40.